The number of nitrogens with one attached hydrogen (secondary N) is 1. The number of ether oxygens (including phenoxy) is 3. The molecule has 4 heterocycles. The summed E-state index contributed by atoms with van der Waals surface area (Å²) >= 11 is 0. The van der Waals surface area contributed by atoms with Gasteiger partial charge in [-0.05, 0) is 71.8 Å². The van der Waals surface area contributed by atoms with Crippen molar-refractivity contribution in [2.24, 2.45) is 0 Å². The molecule has 0 spiro atoms. The molecule has 2 aromatic heterocycles. The summed E-state index contributed by atoms with van der Waals surface area (Å²) in [6.45, 7) is 4.39. The molecular formula is C28H33N7O4. The van der Waals surface area contributed by atoms with E-state index < -0.39 is 6.04 Å². The first-order chi connectivity index (χ1) is 19.1. The zero-order valence-corrected chi connectivity index (χ0v) is 22.2. The number of aromatic amines is 1. The maximum Gasteiger partial charge on any atom is 0.253 e. The Labute approximate surface area is 226 Å². The smallest absolute Gasteiger partial charge is 0.253 e. The van der Waals surface area contributed by atoms with E-state index in [1.54, 1.807) is 14.2 Å². The zero-order chi connectivity index (χ0) is 26.8. The summed E-state index contributed by atoms with van der Waals surface area (Å²) < 4.78 is 18.4. The molecule has 2 atom stereocenters. The minimum Gasteiger partial charge on any atom is -0.497 e. The minimum absolute atomic E-state index is 0.0685. The van der Waals surface area contributed by atoms with Crippen LogP contribution in [0.4, 0.5) is 5.69 Å². The van der Waals surface area contributed by atoms with Gasteiger partial charge in [0, 0.05) is 54.9 Å². The fourth-order valence-electron chi connectivity index (χ4n) is 5.58. The number of pyridine rings is 1. The summed E-state index contributed by atoms with van der Waals surface area (Å²) in [5.74, 6) is 2.22. The first-order valence-electron chi connectivity index (χ1n) is 13.3. The highest BCUT2D eigenvalue weighted by Crippen LogP contribution is 2.30. The van der Waals surface area contributed by atoms with Crippen LogP contribution in [0.15, 0.2) is 53.3 Å². The maximum absolute atomic E-state index is 13.5. The molecule has 2 fully saturated rings. The fourth-order valence-corrected chi connectivity index (χ4v) is 5.58. The second kappa shape index (κ2) is 11.0. The van der Waals surface area contributed by atoms with E-state index in [0.29, 0.717) is 17.9 Å². The number of methoxy groups -OCH3 is 2. The van der Waals surface area contributed by atoms with Gasteiger partial charge in [-0.3, -0.25) is 9.69 Å². The topological polar surface area (TPSA) is 111 Å². The summed E-state index contributed by atoms with van der Waals surface area (Å²) in [6.07, 6.45) is 2.07. The van der Waals surface area contributed by atoms with Crippen LogP contribution >= 0.6 is 0 Å². The van der Waals surface area contributed by atoms with Gasteiger partial charge in [0.25, 0.3) is 5.56 Å². The predicted molar refractivity (Wildman–Crippen MR) is 147 cm³/mol. The van der Waals surface area contributed by atoms with Gasteiger partial charge in [-0.1, -0.05) is 0 Å². The predicted octanol–water partition coefficient (Wildman–Crippen LogP) is 2.62. The van der Waals surface area contributed by atoms with Crippen molar-refractivity contribution in [3.8, 4) is 11.5 Å². The molecule has 2 aliphatic heterocycles. The van der Waals surface area contributed by atoms with Crippen molar-refractivity contribution in [3.05, 3.63) is 70.3 Å². The highest BCUT2D eigenvalue weighted by molar-refractivity contribution is 5.80. The molecule has 0 amide bonds. The number of anilines is 1. The first-order valence-corrected chi connectivity index (χ1v) is 13.3. The van der Waals surface area contributed by atoms with Gasteiger partial charge in [0.15, 0.2) is 5.82 Å². The van der Waals surface area contributed by atoms with Crippen LogP contribution in [0.2, 0.25) is 0 Å². The van der Waals surface area contributed by atoms with Gasteiger partial charge in [-0.15, -0.1) is 5.10 Å². The second-order valence-corrected chi connectivity index (χ2v) is 9.98. The van der Waals surface area contributed by atoms with E-state index in [4.69, 9.17) is 14.2 Å². The highest BCUT2D eigenvalue weighted by Gasteiger charge is 2.33. The fraction of sp³-hybridized carbons (Fsp3) is 0.429. The molecule has 2 saturated heterocycles. The third-order valence-electron chi connectivity index (χ3n) is 7.70. The SMILES string of the molecule is COc1ccc(N2CCN([C@H](c3cc4cc(OC)ccc4[nH]c3=O)c3nnnn3C[C@H]3CCCO3)CC2)cc1. The molecule has 11 heteroatoms. The molecule has 0 saturated carbocycles. The number of hydrogen-bond acceptors (Lipinski definition) is 9. The molecule has 1 N–H and O–H groups in total. The number of tetrazole rings is 1. The summed E-state index contributed by atoms with van der Waals surface area (Å²) in [6, 6.07) is 15.3. The number of hydrogen-bond donors (Lipinski definition) is 1. The van der Waals surface area contributed by atoms with Gasteiger partial charge in [0.1, 0.15) is 17.5 Å². The van der Waals surface area contributed by atoms with Crippen LogP contribution in [0.1, 0.15) is 30.3 Å². The van der Waals surface area contributed by atoms with E-state index >= 15 is 0 Å². The molecule has 0 aliphatic carbocycles. The molecular weight excluding hydrogens is 498 g/mol. The third kappa shape index (κ3) is 5.19. The van der Waals surface area contributed by atoms with E-state index in [-0.39, 0.29) is 11.7 Å². The summed E-state index contributed by atoms with van der Waals surface area (Å²) in [7, 11) is 3.31. The monoisotopic (exact) mass is 531 g/mol. The van der Waals surface area contributed by atoms with Gasteiger partial charge in [0.05, 0.1) is 26.9 Å². The molecule has 39 heavy (non-hydrogen) atoms. The Morgan fingerprint density at radius 2 is 1.79 bits per heavy atom. The number of aromatic nitrogens is 5. The lowest BCUT2D eigenvalue weighted by Gasteiger charge is -2.39. The van der Waals surface area contributed by atoms with Crippen LogP contribution in [0.5, 0.6) is 11.5 Å². The Balaban J connectivity index is 1.35. The lowest BCUT2D eigenvalue weighted by atomic mass is 10.0. The summed E-state index contributed by atoms with van der Waals surface area (Å²) in [4.78, 5) is 21.2. The number of piperazine rings is 1. The number of H-pyrrole nitrogens is 1. The Morgan fingerprint density at radius 3 is 2.51 bits per heavy atom. The van der Waals surface area contributed by atoms with Crippen LogP contribution in [0.3, 0.4) is 0 Å². The van der Waals surface area contributed by atoms with E-state index in [1.165, 1.54) is 0 Å². The normalized spacial score (nSPS) is 18.9. The molecule has 4 aromatic rings. The van der Waals surface area contributed by atoms with Crippen molar-refractivity contribution in [1.29, 1.82) is 0 Å². The highest BCUT2D eigenvalue weighted by atomic mass is 16.5. The lowest BCUT2D eigenvalue weighted by Crippen LogP contribution is -2.49. The Hall–Kier alpha value is -3.96. The average molecular weight is 532 g/mol. The molecule has 0 radical (unpaired) electrons. The van der Waals surface area contributed by atoms with E-state index in [9.17, 15) is 4.79 Å². The van der Waals surface area contributed by atoms with Crippen molar-refractivity contribution in [3.63, 3.8) is 0 Å². The number of rotatable bonds is 8. The lowest BCUT2D eigenvalue weighted by molar-refractivity contribution is 0.0906. The van der Waals surface area contributed by atoms with Gasteiger partial charge < -0.3 is 24.1 Å². The molecule has 6 rings (SSSR count). The van der Waals surface area contributed by atoms with E-state index in [1.807, 2.05) is 41.1 Å². The van der Waals surface area contributed by atoms with E-state index in [2.05, 4.69) is 42.4 Å². The van der Waals surface area contributed by atoms with Gasteiger partial charge in [-0.25, -0.2) is 4.68 Å². The number of fused-ring (bicyclic) bond motifs is 1. The first kappa shape index (κ1) is 25.3. The van der Waals surface area contributed by atoms with Crippen molar-refractivity contribution >= 4 is 16.6 Å². The minimum atomic E-state index is -0.418. The Morgan fingerprint density at radius 1 is 1.03 bits per heavy atom. The third-order valence-corrected chi connectivity index (χ3v) is 7.70. The van der Waals surface area contributed by atoms with Crippen LogP contribution in [0.25, 0.3) is 10.9 Å². The molecule has 11 nitrogen and oxygen atoms in total. The zero-order valence-electron chi connectivity index (χ0n) is 22.2. The molecule has 0 bridgehead atoms. The van der Waals surface area contributed by atoms with Crippen LogP contribution in [-0.2, 0) is 11.3 Å². The maximum atomic E-state index is 13.5. The summed E-state index contributed by atoms with van der Waals surface area (Å²) in [5.41, 5.74) is 2.36. The van der Waals surface area contributed by atoms with Crippen molar-refractivity contribution in [1.82, 2.24) is 30.1 Å². The van der Waals surface area contributed by atoms with Gasteiger partial charge in [0.2, 0.25) is 0 Å². The summed E-state index contributed by atoms with van der Waals surface area (Å²) in [5, 5.41) is 13.7. The standard InChI is InChI=1S/C28H33N7O4/c1-37-21-7-5-20(6-8-21)33-11-13-34(14-12-33)26(27-30-31-32-35(27)18-23-4-3-15-39-23)24-17-19-16-22(38-2)9-10-25(19)29-28(24)36/h5-10,16-17,23,26H,3-4,11-15,18H2,1-2H3,(H,29,36)/t23-,26-/m1/s1. The Kier molecular flexibility index (Phi) is 7.16. The second-order valence-electron chi connectivity index (χ2n) is 9.98. The van der Waals surface area contributed by atoms with Crippen LogP contribution in [-0.4, -0.2) is 83.2 Å². The van der Waals surface area contributed by atoms with Gasteiger partial charge in [-0.2, -0.15) is 0 Å². The van der Waals surface area contributed by atoms with Crippen LogP contribution < -0.4 is 19.9 Å². The Bertz CT molecular complexity index is 1470. The largest absolute Gasteiger partial charge is 0.497 e. The van der Waals surface area contributed by atoms with Crippen molar-refractivity contribution < 1.29 is 14.2 Å². The molecule has 2 aromatic carbocycles. The quantitative estimate of drug-likeness (QED) is 0.367. The molecule has 0 unspecified atom stereocenters. The van der Waals surface area contributed by atoms with Crippen molar-refractivity contribution in [2.75, 3.05) is 51.9 Å². The van der Waals surface area contributed by atoms with Gasteiger partial charge >= 0.3 is 0 Å². The molecule has 204 valence electrons. The van der Waals surface area contributed by atoms with Crippen molar-refractivity contribution in [2.45, 2.75) is 31.5 Å². The van der Waals surface area contributed by atoms with E-state index in [0.717, 1.165) is 73.7 Å². The average Bonchev–Trinajstić information content (AvgIpc) is 3.66. The number of benzene rings is 2. The molecule has 2 aliphatic rings. The van der Waals surface area contributed by atoms with Crippen LogP contribution in [0, 0.1) is 0 Å². The number of nitrogens with zero attached hydrogens (tertiary/aromatic N) is 6.